The Morgan fingerprint density at radius 3 is 2.43 bits per heavy atom. The Morgan fingerprint density at radius 1 is 1.64 bits per heavy atom. The lowest BCUT2D eigenvalue weighted by Crippen LogP contribution is -2.23. The lowest BCUT2D eigenvalue weighted by Gasteiger charge is -1.90. The third kappa shape index (κ3) is 8.95. The highest BCUT2D eigenvalue weighted by atomic mass is 32.2. The van der Waals surface area contributed by atoms with Crippen LogP contribution in [0.3, 0.4) is 0 Å². The zero-order valence-corrected chi connectivity index (χ0v) is 9.07. The topological polar surface area (TPSA) is 66.0 Å². The summed E-state index contributed by atoms with van der Waals surface area (Å²) in [6.45, 7) is 4.52. The fourth-order valence-corrected chi connectivity index (χ4v) is 0.759. The molecule has 1 rings (SSSR count). The van der Waals surface area contributed by atoms with E-state index >= 15 is 0 Å². The fraction of sp³-hybridized carbons (Fsp3) is 0.375. The van der Waals surface area contributed by atoms with Crippen LogP contribution >= 0.6 is 0 Å². The van der Waals surface area contributed by atoms with Crippen LogP contribution in [0, 0.1) is 0 Å². The Labute approximate surface area is 84.0 Å². The van der Waals surface area contributed by atoms with Crippen molar-refractivity contribution in [2.45, 2.75) is 6.54 Å². The van der Waals surface area contributed by atoms with Crippen molar-refractivity contribution in [3.8, 4) is 0 Å². The maximum atomic E-state index is 9.08. The highest BCUT2D eigenvalue weighted by Gasteiger charge is 1.93. The number of hydrogen-bond acceptors (Lipinski definition) is 3. The Hall–Kier alpha value is -1.14. The smallest absolute Gasteiger partial charge is 0.243 e. The van der Waals surface area contributed by atoms with Crippen molar-refractivity contribution >= 4 is 10.1 Å². The van der Waals surface area contributed by atoms with Crippen LogP contribution in [0.15, 0.2) is 31.4 Å². The predicted molar refractivity (Wildman–Crippen MR) is 51.4 cm³/mol. The molecule has 0 spiro atoms. The SMILES string of the molecule is C=CCn1cc[n+](C)c1.CS(=O)(=O)[O-]. The molecule has 1 aromatic heterocycles. The molecule has 0 aliphatic heterocycles. The molecule has 1 aromatic rings. The lowest BCUT2D eigenvalue weighted by molar-refractivity contribution is -0.671. The van der Waals surface area contributed by atoms with Crippen LogP contribution < -0.4 is 4.57 Å². The molecule has 0 atom stereocenters. The molecule has 14 heavy (non-hydrogen) atoms. The van der Waals surface area contributed by atoms with Crippen molar-refractivity contribution < 1.29 is 17.5 Å². The van der Waals surface area contributed by atoms with Gasteiger partial charge in [-0.1, -0.05) is 12.7 Å². The molecule has 0 fully saturated rings. The van der Waals surface area contributed by atoms with Gasteiger partial charge in [-0.2, -0.15) is 0 Å². The van der Waals surface area contributed by atoms with E-state index in [0.717, 1.165) is 6.54 Å². The molecule has 0 unspecified atom stereocenters. The Balaban J connectivity index is 0.000000292. The molecule has 80 valence electrons. The van der Waals surface area contributed by atoms with Gasteiger partial charge in [-0.25, -0.2) is 17.6 Å². The molecule has 0 bridgehead atoms. The van der Waals surface area contributed by atoms with Gasteiger partial charge in [0.25, 0.3) is 0 Å². The normalized spacial score (nSPS) is 10.2. The van der Waals surface area contributed by atoms with E-state index in [9.17, 15) is 0 Å². The highest BCUT2D eigenvalue weighted by molar-refractivity contribution is 7.84. The fourth-order valence-electron chi connectivity index (χ4n) is 0.759. The van der Waals surface area contributed by atoms with Gasteiger partial charge in [0.05, 0.1) is 17.2 Å². The molecule has 0 aliphatic rings. The number of rotatable bonds is 2. The van der Waals surface area contributed by atoms with Crippen molar-refractivity contribution in [3.05, 3.63) is 31.4 Å². The summed E-state index contributed by atoms with van der Waals surface area (Å²) >= 11 is 0. The Bertz CT molecular complexity index is 373. The van der Waals surface area contributed by atoms with Crippen molar-refractivity contribution in [1.82, 2.24) is 4.57 Å². The summed E-state index contributed by atoms with van der Waals surface area (Å²) < 4.78 is 31.3. The van der Waals surface area contributed by atoms with E-state index in [1.807, 2.05) is 36.4 Å². The molecule has 0 radical (unpaired) electrons. The monoisotopic (exact) mass is 218 g/mol. The summed E-state index contributed by atoms with van der Waals surface area (Å²) in [7, 11) is -1.92. The predicted octanol–water partition coefficient (Wildman–Crippen LogP) is -0.340. The maximum absolute atomic E-state index is 9.08. The van der Waals surface area contributed by atoms with Gasteiger partial charge in [0.2, 0.25) is 6.33 Å². The third-order valence-corrected chi connectivity index (χ3v) is 1.16. The molecule has 0 aliphatic carbocycles. The van der Waals surface area contributed by atoms with Crippen LogP contribution in [-0.4, -0.2) is 23.8 Å². The first-order chi connectivity index (χ1) is 6.33. The van der Waals surface area contributed by atoms with Gasteiger partial charge in [-0.15, -0.1) is 0 Å². The largest absolute Gasteiger partial charge is 0.748 e. The summed E-state index contributed by atoms with van der Waals surface area (Å²) in [4.78, 5) is 0. The molecule has 0 saturated carbocycles. The van der Waals surface area contributed by atoms with Gasteiger partial charge < -0.3 is 4.55 Å². The molecule has 5 nitrogen and oxygen atoms in total. The van der Waals surface area contributed by atoms with E-state index in [0.29, 0.717) is 6.26 Å². The van der Waals surface area contributed by atoms with E-state index in [-0.39, 0.29) is 0 Å². The number of nitrogens with zero attached hydrogens (tertiary/aromatic N) is 2. The minimum absolute atomic E-state index is 0.604. The summed E-state index contributed by atoms with van der Waals surface area (Å²) in [5.41, 5.74) is 0. The minimum Gasteiger partial charge on any atom is -0.748 e. The van der Waals surface area contributed by atoms with Crippen molar-refractivity contribution in [2.24, 2.45) is 7.05 Å². The van der Waals surface area contributed by atoms with E-state index in [1.165, 1.54) is 0 Å². The highest BCUT2D eigenvalue weighted by Crippen LogP contribution is 1.81. The minimum atomic E-state index is -3.92. The van der Waals surface area contributed by atoms with E-state index in [4.69, 9.17) is 13.0 Å². The summed E-state index contributed by atoms with van der Waals surface area (Å²) in [5, 5.41) is 0. The van der Waals surface area contributed by atoms with Crippen molar-refractivity contribution in [1.29, 1.82) is 0 Å². The first-order valence-corrected chi connectivity index (χ1v) is 5.67. The quantitative estimate of drug-likeness (QED) is 0.387. The maximum Gasteiger partial charge on any atom is 0.243 e. The van der Waals surface area contributed by atoms with Gasteiger partial charge >= 0.3 is 0 Å². The number of aryl methyl sites for hydroxylation is 1. The second kappa shape index (κ2) is 5.56. The second-order valence-corrected chi connectivity index (χ2v) is 4.18. The average molecular weight is 218 g/mol. The van der Waals surface area contributed by atoms with Crippen molar-refractivity contribution in [2.75, 3.05) is 6.26 Å². The molecule has 0 amide bonds. The zero-order valence-electron chi connectivity index (χ0n) is 8.25. The van der Waals surface area contributed by atoms with Crippen LogP contribution in [0.1, 0.15) is 0 Å². The van der Waals surface area contributed by atoms with Gasteiger partial charge in [-0.3, -0.25) is 0 Å². The Kier molecular flexibility index (Phi) is 5.11. The zero-order chi connectivity index (χ0) is 11.2. The van der Waals surface area contributed by atoms with E-state index in [2.05, 4.69) is 11.1 Å². The van der Waals surface area contributed by atoms with Crippen LogP contribution in [0.5, 0.6) is 0 Å². The summed E-state index contributed by atoms with van der Waals surface area (Å²) in [5.74, 6) is 0. The first kappa shape index (κ1) is 12.9. The van der Waals surface area contributed by atoms with Gasteiger partial charge in [0.1, 0.15) is 18.9 Å². The molecular weight excluding hydrogens is 204 g/mol. The number of aromatic nitrogens is 2. The molecule has 6 heteroatoms. The molecule has 0 saturated heterocycles. The molecule has 0 N–H and O–H groups in total. The standard InChI is InChI=1S/C7H11N2.CH4O3S/c1-3-4-9-6-5-8(2)7-9;1-5(2,3)4/h3,5-7H,1,4H2,2H3;1H3,(H,2,3,4)/q+1;/p-1. The third-order valence-electron chi connectivity index (χ3n) is 1.16. The van der Waals surface area contributed by atoms with Crippen LogP contribution in [0.25, 0.3) is 0 Å². The number of imidazole rings is 1. The molecular formula is C8H14N2O3S. The summed E-state index contributed by atoms with van der Waals surface area (Å²) in [6, 6.07) is 0. The van der Waals surface area contributed by atoms with E-state index < -0.39 is 10.1 Å². The lowest BCUT2D eigenvalue weighted by atomic mass is 10.6. The first-order valence-electron chi connectivity index (χ1n) is 3.85. The average Bonchev–Trinajstić information content (AvgIpc) is 2.32. The molecule has 0 aromatic carbocycles. The Morgan fingerprint density at radius 2 is 2.14 bits per heavy atom. The summed E-state index contributed by atoms with van der Waals surface area (Å²) in [6.07, 6.45) is 8.51. The van der Waals surface area contributed by atoms with Gasteiger partial charge in [0.15, 0.2) is 0 Å². The van der Waals surface area contributed by atoms with Crippen LogP contribution in [0.4, 0.5) is 0 Å². The van der Waals surface area contributed by atoms with E-state index in [1.54, 1.807) is 0 Å². The number of allylic oxidation sites excluding steroid dienone is 1. The van der Waals surface area contributed by atoms with Gasteiger partial charge in [-0.05, 0) is 0 Å². The van der Waals surface area contributed by atoms with Crippen LogP contribution in [-0.2, 0) is 23.7 Å². The molecule has 1 heterocycles. The number of hydrogen-bond donors (Lipinski definition) is 0. The van der Waals surface area contributed by atoms with Crippen molar-refractivity contribution in [3.63, 3.8) is 0 Å². The second-order valence-electron chi connectivity index (χ2n) is 2.77. The van der Waals surface area contributed by atoms with Crippen LogP contribution in [0.2, 0.25) is 0 Å². The van der Waals surface area contributed by atoms with Gasteiger partial charge in [0, 0.05) is 6.26 Å².